The fraction of sp³-hybridized carbons (Fsp3) is 0.929. The van der Waals surface area contributed by atoms with Gasteiger partial charge in [-0.3, -0.25) is 4.79 Å². The normalized spacial score (nSPS) is 17.1. The molecule has 0 saturated carbocycles. The summed E-state index contributed by atoms with van der Waals surface area (Å²) in [7, 11) is 0. The molecule has 0 spiro atoms. The van der Waals surface area contributed by atoms with Crippen LogP contribution < -0.4 is 10.6 Å². The van der Waals surface area contributed by atoms with E-state index < -0.39 is 0 Å². The molecule has 2 N–H and O–H groups in total. The minimum absolute atomic E-state index is 0.215. The number of piperidine rings is 1. The minimum atomic E-state index is 0.215. The zero-order valence-corrected chi connectivity index (χ0v) is 11.8. The molecule has 1 saturated heterocycles. The molecule has 4 nitrogen and oxygen atoms in total. The number of nitrogens with one attached hydrogen (secondary N) is 2. The number of amides is 1. The van der Waals surface area contributed by atoms with Gasteiger partial charge in [0, 0.05) is 19.6 Å². The number of carbonyl (C=O) groups is 1. The fourth-order valence-electron chi connectivity index (χ4n) is 2.19. The lowest BCUT2D eigenvalue weighted by Crippen LogP contribution is -2.32. The van der Waals surface area contributed by atoms with Gasteiger partial charge in [-0.1, -0.05) is 0 Å². The molecule has 1 rings (SSSR count). The van der Waals surface area contributed by atoms with Crippen molar-refractivity contribution in [3.63, 3.8) is 0 Å². The van der Waals surface area contributed by atoms with Crippen LogP contribution in [-0.2, 0) is 9.53 Å². The van der Waals surface area contributed by atoms with Crippen molar-refractivity contribution in [1.82, 2.24) is 10.6 Å². The first-order valence-electron chi connectivity index (χ1n) is 7.27. The van der Waals surface area contributed by atoms with Gasteiger partial charge in [-0.05, 0) is 58.5 Å². The zero-order valence-electron chi connectivity index (χ0n) is 11.8. The number of hydrogen-bond donors (Lipinski definition) is 2. The van der Waals surface area contributed by atoms with Gasteiger partial charge in [0.25, 0.3) is 0 Å². The maximum Gasteiger partial charge on any atom is 0.220 e. The van der Waals surface area contributed by atoms with Crippen LogP contribution in [-0.4, -0.2) is 38.3 Å². The van der Waals surface area contributed by atoms with Crippen LogP contribution >= 0.6 is 0 Å². The van der Waals surface area contributed by atoms with Crippen molar-refractivity contribution in [3.05, 3.63) is 0 Å². The summed E-state index contributed by atoms with van der Waals surface area (Å²) >= 11 is 0. The molecule has 0 atom stereocenters. The summed E-state index contributed by atoms with van der Waals surface area (Å²) in [5, 5.41) is 6.32. The van der Waals surface area contributed by atoms with Crippen LogP contribution in [0.25, 0.3) is 0 Å². The molecule has 1 fully saturated rings. The Kier molecular flexibility index (Phi) is 8.01. The second-order valence-electron chi connectivity index (χ2n) is 5.37. The van der Waals surface area contributed by atoms with Gasteiger partial charge in [-0.25, -0.2) is 0 Å². The molecule has 0 unspecified atom stereocenters. The molecule has 0 aliphatic carbocycles. The van der Waals surface area contributed by atoms with E-state index in [9.17, 15) is 4.79 Å². The Morgan fingerprint density at radius 1 is 1.33 bits per heavy atom. The minimum Gasteiger partial charge on any atom is -0.379 e. The monoisotopic (exact) mass is 256 g/mol. The Balaban J connectivity index is 1.93. The van der Waals surface area contributed by atoms with Crippen molar-refractivity contribution >= 4 is 5.91 Å². The molecule has 0 radical (unpaired) electrons. The zero-order chi connectivity index (χ0) is 13.2. The molecule has 1 aliphatic rings. The van der Waals surface area contributed by atoms with Crippen molar-refractivity contribution in [3.8, 4) is 0 Å². The molecular formula is C14H28N2O2. The first-order valence-corrected chi connectivity index (χ1v) is 7.27. The van der Waals surface area contributed by atoms with Crippen LogP contribution in [0.5, 0.6) is 0 Å². The van der Waals surface area contributed by atoms with Gasteiger partial charge in [0.15, 0.2) is 0 Å². The summed E-state index contributed by atoms with van der Waals surface area (Å²) in [5.41, 5.74) is 0. The molecule has 0 aromatic rings. The fourth-order valence-corrected chi connectivity index (χ4v) is 2.19. The lowest BCUT2D eigenvalue weighted by Gasteiger charge is -2.21. The third-order valence-corrected chi connectivity index (χ3v) is 3.28. The van der Waals surface area contributed by atoms with E-state index in [1.807, 2.05) is 13.8 Å². The van der Waals surface area contributed by atoms with E-state index in [4.69, 9.17) is 4.74 Å². The van der Waals surface area contributed by atoms with Crippen molar-refractivity contribution in [2.45, 2.75) is 52.1 Å². The highest BCUT2D eigenvalue weighted by Crippen LogP contribution is 2.15. The highest BCUT2D eigenvalue weighted by molar-refractivity contribution is 5.76. The van der Waals surface area contributed by atoms with Gasteiger partial charge in [-0.2, -0.15) is 0 Å². The van der Waals surface area contributed by atoms with E-state index in [2.05, 4.69) is 10.6 Å². The average Bonchev–Trinajstić information content (AvgIpc) is 2.34. The highest BCUT2D eigenvalue weighted by Gasteiger charge is 2.16. The van der Waals surface area contributed by atoms with Gasteiger partial charge >= 0.3 is 0 Å². The first-order chi connectivity index (χ1) is 8.68. The van der Waals surface area contributed by atoms with E-state index in [0.717, 1.165) is 51.9 Å². The number of unbranched alkanes of at least 4 members (excludes halogenated alkanes) is 1. The molecular weight excluding hydrogens is 228 g/mol. The number of carbonyl (C=O) groups excluding carboxylic acids is 1. The van der Waals surface area contributed by atoms with E-state index >= 15 is 0 Å². The van der Waals surface area contributed by atoms with E-state index in [1.54, 1.807) is 0 Å². The van der Waals surface area contributed by atoms with Crippen LogP contribution in [0.2, 0.25) is 0 Å². The predicted molar refractivity (Wildman–Crippen MR) is 73.5 cm³/mol. The van der Waals surface area contributed by atoms with E-state index in [1.165, 1.54) is 0 Å². The smallest absolute Gasteiger partial charge is 0.220 e. The number of hydrogen-bond acceptors (Lipinski definition) is 3. The van der Waals surface area contributed by atoms with Gasteiger partial charge in [0.1, 0.15) is 0 Å². The summed E-state index contributed by atoms with van der Waals surface area (Å²) in [6.45, 7) is 7.78. The summed E-state index contributed by atoms with van der Waals surface area (Å²) in [5.74, 6) is 0.794. The van der Waals surface area contributed by atoms with E-state index in [0.29, 0.717) is 18.4 Å². The second-order valence-corrected chi connectivity index (χ2v) is 5.37. The third kappa shape index (κ3) is 7.67. The van der Waals surface area contributed by atoms with Crippen LogP contribution in [0.4, 0.5) is 0 Å². The molecule has 4 heteroatoms. The first kappa shape index (κ1) is 15.4. The maximum atomic E-state index is 11.7. The van der Waals surface area contributed by atoms with Crippen LogP contribution in [0.3, 0.4) is 0 Å². The van der Waals surface area contributed by atoms with Crippen molar-refractivity contribution in [2.24, 2.45) is 5.92 Å². The topological polar surface area (TPSA) is 50.4 Å². The maximum absolute atomic E-state index is 11.7. The van der Waals surface area contributed by atoms with Gasteiger partial charge in [0.05, 0.1) is 6.10 Å². The average molecular weight is 256 g/mol. The van der Waals surface area contributed by atoms with Crippen LogP contribution in [0.15, 0.2) is 0 Å². The van der Waals surface area contributed by atoms with Crippen molar-refractivity contribution in [2.75, 3.05) is 26.2 Å². The van der Waals surface area contributed by atoms with Gasteiger partial charge in [-0.15, -0.1) is 0 Å². The largest absolute Gasteiger partial charge is 0.379 e. The molecule has 106 valence electrons. The summed E-state index contributed by atoms with van der Waals surface area (Å²) in [4.78, 5) is 11.7. The Hall–Kier alpha value is -0.610. The molecule has 18 heavy (non-hydrogen) atoms. The van der Waals surface area contributed by atoms with Gasteiger partial charge < -0.3 is 15.4 Å². The van der Waals surface area contributed by atoms with Crippen molar-refractivity contribution in [1.29, 1.82) is 0 Å². The Morgan fingerprint density at radius 2 is 2.06 bits per heavy atom. The standard InChI is InChI=1S/C14H28N2O2/c1-12(2)18-10-4-3-7-16-14(17)11-13-5-8-15-9-6-13/h12-13,15H,3-11H2,1-2H3,(H,16,17). The Labute approximate surface area is 111 Å². The van der Waals surface area contributed by atoms with E-state index in [-0.39, 0.29) is 5.91 Å². The predicted octanol–water partition coefficient (Wildman–Crippen LogP) is 1.70. The molecule has 0 aromatic carbocycles. The number of ether oxygens (including phenoxy) is 1. The van der Waals surface area contributed by atoms with Crippen LogP contribution in [0.1, 0.15) is 46.0 Å². The Bertz CT molecular complexity index is 226. The third-order valence-electron chi connectivity index (χ3n) is 3.28. The number of rotatable bonds is 8. The summed E-state index contributed by atoms with van der Waals surface area (Å²) in [6.07, 6.45) is 5.30. The second kappa shape index (κ2) is 9.34. The quantitative estimate of drug-likeness (QED) is 0.650. The molecule has 1 amide bonds. The summed E-state index contributed by atoms with van der Waals surface area (Å²) in [6, 6.07) is 0. The van der Waals surface area contributed by atoms with Gasteiger partial charge in [0.2, 0.25) is 5.91 Å². The van der Waals surface area contributed by atoms with Crippen LogP contribution in [0, 0.1) is 5.92 Å². The molecule has 1 heterocycles. The highest BCUT2D eigenvalue weighted by atomic mass is 16.5. The van der Waals surface area contributed by atoms with Crippen molar-refractivity contribution < 1.29 is 9.53 Å². The lowest BCUT2D eigenvalue weighted by atomic mass is 9.94. The SMILES string of the molecule is CC(C)OCCCCNC(=O)CC1CCNCC1. The Morgan fingerprint density at radius 3 is 2.72 bits per heavy atom. The lowest BCUT2D eigenvalue weighted by molar-refractivity contribution is -0.122. The molecule has 1 aliphatic heterocycles. The molecule has 0 aromatic heterocycles. The summed E-state index contributed by atoms with van der Waals surface area (Å²) < 4.78 is 5.45. The molecule has 0 bridgehead atoms.